The van der Waals surface area contributed by atoms with Crippen LogP contribution in [0.15, 0.2) is 36.4 Å². The molecule has 1 heterocycles. The molecule has 1 aromatic carbocycles. The number of para-hydroxylation sites is 1. The number of thiophene rings is 1. The predicted octanol–water partition coefficient (Wildman–Crippen LogP) is 2.64. The molecule has 0 bridgehead atoms. The minimum absolute atomic E-state index is 0.0372. The molecule has 0 aliphatic rings. The van der Waals surface area contributed by atoms with Crippen LogP contribution in [-0.2, 0) is 14.3 Å². The van der Waals surface area contributed by atoms with Crippen molar-refractivity contribution >= 4 is 28.8 Å². The van der Waals surface area contributed by atoms with Crippen molar-refractivity contribution in [1.29, 1.82) is 0 Å². The van der Waals surface area contributed by atoms with Crippen molar-refractivity contribution in [2.75, 3.05) is 19.0 Å². The fourth-order valence-electron chi connectivity index (χ4n) is 1.93. The second-order valence-corrected chi connectivity index (χ2v) is 6.14. The predicted molar refractivity (Wildman–Crippen MR) is 86.8 cm³/mol. The number of rotatable bonds is 5. The van der Waals surface area contributed by atoms with Crippen LogP contribution < -0.4 is 10.6 Å². The Kier molecular flexibility index (Phi) is 5.84. The molecule has 0 saturated carbocycles. The first-order chi connectivity index (χ1) is 11.0. The third-order valence-corrected chi connectivity index (χ3v) is 4.23. The molecular formula is C16H17FN2O3S. The van der Waals surface area contributed by atoms with Gasteiger partial charge in [-0.2, -0.15) is 0 Å². The Morgan fingerprint density at radius 1 is 1.22 bits per heavy atom. The van der Waals surface area contributed by atoms with Gasteiger partial charge in [-0.05, 0) is 31.2 Å². The van der Waals surface area contributed by atoms with E-state index < -0.39 is 17.6 Å². The van der Waals surface area contributed by atoms with Crippen molar-refractivity contribution in [3.63, 3.8) is 0 Å². The summed E-state index contributed by atoms with van der Waals surface area (Å²) in [5, 5.41) is 4.72. The van der Waals surface area contributed by atoms with E-state index in [1.807, 2.05) is 19.1 Å². The van der Waals surface area contributed by atoms with E-state index in [0.717, 1.165) is 9.75 Å². The minimum Gasteiger partial charge on any atom is -0.374 e. The molecule has 2 amide bonds. The largest absolute Gasteiger partial charge is 0.374 e. The second kappa shape index (κ2) is 7.85. The number of nitrogens with one attached hydrogen (secondary N) is 2. The van der Waals surface area contributed by atoms with Gasteiger partial charge in [0.05, 0.1) is 5.69 Å². The van der Waals surface area contributed by atoms with Gasteiger partial charge >= 0.3 is 11.8 Å². The Labute approximate surface area is 137 Å². The molecule has 0 spiro atoms. The molecule has 122 valence electrons. The summed E-state index contributed by atoms with van der Waals surface area (Å²) >= 11 is 1.56. The summed E-state index contributed by atoms with van der Waals surface area (Å²) in [7, 11) is 1.53. The van der Waals surface area contributed by atoms with Gasteiger partial charge < -0.3 is 15.4 Å². The van der Waals surface area contributed by atoms with Crippen molar-refractivity contribution in [3.8, 4) is 0 Å². The number of carbonyl (C=O) groups is 2. The molecule has 2 rings (SSSR count). The molecule has 2 N–H and O–H groups in total. The Morgan fingerprint density at radius 3 is 2.57 bits per heavy atom. The molecule has 0 radical (unpaired) electrons. The molecule has 1 atom stereocenters. The normalized spacial score (nSPS) is 11.8. The second-order valence-electron chi connectivity index (χ2n) is 4.82. The molecular weight excluding hydrogens is 319 g/mol. The van der Waals surface area contributed by atoms with Crippen LogP contribution in [0.5, 0.6) is 0 Å². The van der Waals surface area contributed by atoms with Crippen LogP contribution in [0.4, 0.5) is 10.1 Å². The number of carbonyl (C=O) groups excluding carboxylic acids is 2. The van der Waals surface area contributed by atoms with Crippen LogP contribution in [0.3, 0.4) is 0 Å². The molecule has 1 unspecified atom stereocenters. The maximum atomic E-state index is 13.4. The Bertz CT molecular complexity index is 702. The summed E-state index contributed by atoms with van der Waals surface area (Å²) in [6.45, 7) is 2.13. The van der Waals surface area contributed by atoms with Gasteiger partial charge in [0.25, 0.3) is 0 Å². The number of methoxy groups -OCH3 is 1. The molecule has 5 nitrogen and oxygen atoms in total. The number of hydrogen-bond donors (Lipinski definition) is 2. The van der Waals surface area contributed by atoms with Gasteiger partial charge in [0.15, 0.2) is 0 Å². The van der Waals surface area contributed by atoms with E-state index in [-0.39, 0.29) is 18.3 Å². The number of ether oxygens (including phenoxy) is 1. The van der Waals surface area contributed by atoms with Crippen LogP contribution in [0.2, 0.25) is 0 Å². The van der Waals surface area contributed by atoms with E-state index >= 15 is 0 Å². The lowest BCUT2D eigenvalue weighted by Gasteiger charge is -2.14. The average Bonchev–Trinajstić information content (AvgIpc) is 2.96. The van der Waals surface area contributed by atoms with E-state index in [0.29, 0.717) is 0 Å². The first-order valence-corrected chi connectivity index (χ1v) is 7.75. The topological polar surface area (TPSA) is 67.4 Å². The van der Waals surface area contributed by atoms with Crippen LogP contribution in [0.25, 0.3) is 0 Å². The van der Waals surface area contributed by atoms with Crippen LogP contribution in [-0.4, -0.2) is 25.5 Å². The lowest BCUT2D eigenvalue weighted by atomic mass is 10.2. The summed E-state index contributed by atoms with van der Waals surface area (Å²) in [5.41, 5.74) is -0.0372. The van der Waals surface area contributed by atoms with Crippen LogP contribution >= 0.6 is 11.3 Å². The minimum atomic E-state index is -0.924. The van der Waals surface area contributed by atoms with Crippen LogP contribution in [0.1, 0.15) is 15.9 Å². The third kappa shape index (κ3) is 4.61. The van der Waals surface area contributed by atoms with Crippen molar-refractivity contribution in [1.82, 2.24) is 5.32 Å². The van der Waals surface area contributed by atoms with Crippen molar-refractivity contribution in [2.24, 2.45) is 0 Å². The highest BCUT2D eigenvalue weighted by atomic mass is 32.1. The van der Waals surface area contributed by atoms with E-state index in [9.17, 15) is 14.0 Å². The fraction of sp³-hybridized carbons (Fsp3) is 0.250. The van der Waals surface area contributed by atoms with Gasteiger partial charge in [-0.1, -0.05) is 12.1 Å². The first-order valence-electron chi connectivity index (χ1n) is 6.94. The standard InChI is InChI=1S/C16H17FN2O3S/c1-10-7-8-14(23-10)13(22-2)9-18-15(20)16(21)19-12-6-4-3-5-11(12)17/h3-8,13H,9H2,1-2H3,(H,18,20)(H,19,21). The first kappa shape index (κ1) is 17.1. The highest BCUT2D eigenvalue weighted by molar-refractivity contribution is 7.12. The van der Waals surface area contributed by atoms with Gasteiger partial charge in [0.1, 0.15) is 11.9 Å². The van der Waals surface area contributed by atoms with Crippen molar-refractivity contribution in [2.45, 2.75) is 13.0 Å². The quantitative estimate of drug-likeness (QED) is 0.825. The summed E-state index contributed by atoms with van der Waals surface area (Å²) < 4.78 is 18.8. The number of amides is 2. The molecule has 1 aromatic heterocycles. The summed E-state index contributed by atoms with van der Waals surface area (Å²) in [5.74, 6) is -2.37. The maximum Gasteiger partial charge on any atom is 0.313 e. The number of anilines is 1. The summed E-state index contributed by atoms with van der Waals surface area (Å²) in [6.07, 6.45) is -0.334. The van der Waals surface area contributed by atoms with E-state index in [1.54, 1.807) is 17.4 Å². The average molecular weight is 336 g/mol. The van der Waals surface area contributed by atoms with Gasteiger partial charge in [0, 0.05) is 23.4 Å². The molecule has 2 aromatic rings. The smallest absolute Gasteiger partial charge is 0.313 e. The Morgan fingerprint density at radius 2 is 1.96 bits per heavy atom. The SMILES string of the molecule is COC(CNC(=O)C(=O)Nc1ccccc1F)c1ccc(C)s1. The summed E-state index contributed by atoms with van der Waals surface area (Å²) in [4.78, 5) is 25.7. The molecule has 7 heteroatoms. The Hall–Kier alpha value is -2.25. The van der Waals surface area contributed by atoms with E-state index in [1.165, 1.54) is 25.3 Å². The monoisotopic (exact) mass is 336 g/mol. The number of benzene rings is 1. The van der Waals surface area contributed by atoms with E-state index in [4.69, 9.17) is 4.74 Å². The number of hydrogen-bond acceptors (Lipinski definition) is 4. The number of halogens is 1. The molecule has 23 heavy (non-hydrogen) atoms. The number of aryl methyl sites for hydroxylation is 1. The fourth-order valence-corrected chi connectivity index (χ4v) is 2.89. The lowest BCUT2D eigenvalue weighted by Crippen LogP contribution is -2.38. The van der Waals surface area contributed by atoms with Crippen molar-refractivity contribution in [3.05, 3.63) is 52.0 Å². The zero-order chi connectivity index (χ0) is 16.8. The molecule has 0 fully saturated rings. The van der Waals surface area contributed by atoms with Gasteiger partial charge in [-0.25, -0.2) is 4.39 Å². The molecule has 0 saturated heterocycles. The highest BCUT2D eigenvalue weighted by Crippen LogP contribution is 2.24. The van der Waals surface area contributed by atoms with Gasteiger partial charge in [-0.15, -0.1) is 11.3 Å². The molecule has 0 aliphatic heterocycles. The zero-order valence-electron chi connectivity index (χ0n) is 12.8. The van der Waals surface area contributed by atoms with Gasteiger partial charge in [0.2, 0.25) is 0 Å². The Balaban J connectivity index is 1.91. The highest BCUT2D eigenvalue weighted by Gasteiger charge is 2.18. The third-order valence-electron chi connectivity index (χ3n) is 3.14. The van der Waals surface area contributed by atoms with Gasteiger partial charge in [-0.3, -0.25) is 9.59 Å². The van der Waals surface area contributed by atoms with E-state index in [2.05, 4.69) is 10.6 Å². The lowest BCUT2D eigenvalue weighted by molar-refractivity contribution is -0.136. The molecule has 0 aliphatic carbocycles. The van der Waals surface area contributed by atoms with Crippen molar-refractivity contribution < 1.29 is 18.7 Å². The zero-order valence-corrected chi connectivity index (χ0v) is 13.6. The summed E-state index contributed by atoms with van der Waals surface area (Å²) in [6, 6.07) is 9.52. The maximum absolute atomic E-state index is 13.4. The van der Waals surface area contributed by atoms with Crippen LogP contribution in [0, 0.1) is 12.7 Å².